The van der Waals surface area contributed by atoms with Crippen LogP contribution >= 0.6 is 0 Å². The van der Waals surface area contributed by atoms with Crippen molar-refractivity contribution in [3.8, 4) is 0 Å². The second-order valence-electron chi connectivity index (χ2n) is 7.78. The van der Waals surface area contributed by atoms with Crippen molar-refractivity contribution in [2.45, 2.75) is 52.1 Å². The molecular weight excluding hydrogens is 356 g/mol. The number of anilines is 1. The molecule has 3 aromatic heterocycles. The van der Waals surface area contributed by atoms with Crippen LogP contribution in [0.3, 0.4) is 0 Å². The molecule has 1 atom stereocenters. The highest BCUT2D eigenvalue weighted by molar-refractivity contribution is 6.10. The van der Waals surface area contributed by atoms with Gasteiger partial charge in [0.15, 0.2) is 0 Å². The van der Waals surface area contributed by atoms with Gasteiger partial charge in [0.05, 0.1) is 17.0 Å². The molecule has 0 spiro atoms. The van der Waals surface area contributed by atoms with Crippen LogP contribution in [0, 0.1) is 13.8 Å². The first-order chi connectivity index (χ1) is 13.3. The number of nitrogens with zero attached hydrogens (tertiary/aromatic N) is 5. The molecule has 0 saturated heterocycles. The first-order valence-corrected chi connectivity index (χ1v) is 9.37. The van der Waals surface area contributed by atoms with Crippen LogP contribution in [-0.2, 0) is 0 Å². The highest BCUT2D eigenvalue weighted by atomic mass is 16.3. The summed E-state index contributed by atoms with van der Waals surface area (Å²) in [6.07, 6.45) is 7.14. The third kappa shape index (κ3) is 3.08. The zero-order valence-electron chi connectivity index (χ0n) is 16.8. The van der Waals surface area contributed by atoms with Crippen LogP contribution in [0.5, 0.6) is 0 Å². The van der Waals surface area contributed by atoms with E-state index in [2.05, 4.69) is 37.1 Å². The van der Waals surface area contributed by atoms with E-state index in [1.54, 1.807) is 19.3 Å². The van der Waals surface area contributed by atoms with Gasteiger partial charge in [0.1, 0.15) is 23.7 Å². The predicted molar refractivity (Wildman–Crippen MR) is 105 cm³/mol. The second-order valence-corrected chi connectivity index (χ2v) is 7.78. The van der Waals surface area contributed by atoms with Crippen LogP contribution in [0.25, 0.3) is 11.1 Å². The summed E-state index contributed by atoms with van der Waals surface area (Å²) in [5, 5.41) is 3.62. The van der Waals surface area contributed by atoms with Crippen LogP contribution in [0.4, 0.5) is 5.82 Å². The molecule has 3 aromatic rings. The fourth-order valence-electron chi connectivity index (χ4n) is 3.29. The summed E-state index contributed by atoms with van der Waals surface area (Å²) < 4.78 is 5.78. The largest absolute Gasteiger partial charge is 0.442 e. The third-order valence-corrected chi connectivity index (χ3v) is 5.51. The van der Waals surface area contributed by atoms with Gasteiger partial charge in [0, 0.05) is 25.0 Å². The van der Waals surface area contributed by atoms with Gasteiger partial charge in [-0.05, 0) is 46.1 Å². The molecule has 0 radical (unpaired) electrons. The summed E-state index contributed by atoms with van der Waals surface area (Å²) >= 11 is 0. The van der Waals surface area contributed by atoms with E-state index in [-0.39, 0.29) is 17.5 Å². The summed E-state index contributed by atoms with van der Waals surface area (Å²) in [5.74, 6) is 1.54. The molecule has 146 valence electrons. The van der Waals surface area contributed by atoms with Crippen LogP contribution < -0.4 is 10.2 Å². The van der Waals surface area contributed by atoms with E-state index in [1.807, 2.05) is 20.9 Å². The first kappa shape index (κ1) is 18.3. The molecule has 1 fully saturated rings. The Balaban J connectivity index is 1.70. The normalized spacial score (nSPS) is 16.0. The van der Waals surface area contributed by atoms with E-state index in [0.29, 0.717) is 34.1 Å². The average Bonchev–Trinajstić information content (AvgIpc) is 3.32. The molecule has 1 N–H and O–H groups in total. The van der Waals surface area contributed by atoms with Gasteiger partial charge in [-0.3, -0.25) is 4.79 Å². The Labute approximate surface area is 163 Å². The van der Waals surface area contributed by atoms with Gasteiger partial charge in [0.2, 0.25) is 5.71 Å². The molecule has 0 aliphatic heterocycles. The van der Waals surface area contributed by atoms with Gasteiger partial charge in [-0.15, -0.1) is 0 Å². The van der Waals surface area contributed by atoms with Crippen LogP contribution in [-0.4, -0.2) is 38.4 Å². The van der Waals surface area contributed by atoms with Crippen molar-refractivity contribution >= 4 is 22.8 Å². The maximum absolute atomic E-state index is 13.1. The number of hydrogen-bond donors (Lipinski definition) is 1. The average molecular weight is 380 g/mol. The molecule has 1 unspecified atom stereocenters. The van der Waals surface area contributed by atoms with E-state index >= 15 is 0 Å². The molecule has 1 aliphatic carbocycles. The lowest BCUT2D eigenvalue weighted by Gasteiger charge is -2.26. The van der Waals surface area contributed by atoms with Crippen molar-refractivity contribution in [2.75, 3.05) is 11.9 Å². The number of hydrogen-bond acceptors (Lipinski definition) is 7. The number of rotatable bonds is 5. The number of aromatic nitrogens is 4. The summed E-state index contributed by atoms with van der Waals surface area (Å²) in [6, 6.07) is -0.343. The van der Waals surface area contributed by atoms with E-state index in [9.17, 15) is 4.79 Å². The lowest BCUT2D eigenvalue weighted by Crippen LogP contribution is -2.32. The van der Waals surface area contributed by atoms with Crippen LogP contribution in [0.15, 0.2) is 23.1 Å². The molecule has 0 aromatic carbocycles. The maximum Gasteiger partial charge on any atom is 0.256 e. The fourth-order valence-corrected chi connectivity index (χ4v) is 3.29. The molecule has 8 heteroatoms. The highest BCUT2D eigenvalue weighted by Crippen LogP contribution is 2.44. The summed E-state index contributed by atoms with van der Waals surface area (Å²) in [7, 11) is 2.00. The number of nitrogens with one attached hydrogen (secondary N) is 1. The minimum absolute atomic E-state index is 0.0588. The molecular formula is C20H24N6O2. The summed E-state index contributed by atoms with van der Waals surface area (Å²) in [4.78, 5) is 32.5. The Hall–Kier alpha value is -3.03. The Morgan fingerprint density at radius 3 is 2.54 bits per heavy atom. The molecule has 3 heterocycles. The smallest absolute Gasteiger partial charge is 0.256 e. The summed E-state index contributed by atoms with van der Waals surface area (Å²) in [5.41, 5.74) is 1.91. The topological polar surface area (TPSA) is 97.0 Å². The fraction of sp³-hybridized carbons (Fsp3) is 0.450. The number of carbonyl (C=O) groups excluding carboxylic acids is 1. The van der Waals surface area contributed by atoms with Crippen molar-refractivity contribution in [1.29, 1.82) is 0 Å². The molecule has 28 heavy (non-hydrogen) atoms. The molecule has 1 amide bonds. The first-order valence-electron chi connectivity index (χ1n) is 9.37. The summed E-state index contributed by atoms with van der Waals surface area (Å²) in [6.45, 7) is 7.73. The lowest BCUT2D eigenvalue weighted by molar-refractivity contribution is 0.0938. The lowest BCUT2D eigenvalue weighted by atomic mass is 10.1. The molecule has 0 bridgehead atoms. The number of aryl methyl sites for hydroxylation is 2. The van der Waals surface area contributed by atoms with Gasteiger partial charge in [0.25, 0.3) is 5.91 Å². The van der Waals surface area contributed by atoms with E-state index in [1.165, 1.54) is 6.33 Å². The maximum atomic E-state index is 13.1. The van der Waals surface area contributed by atoms with Crippen LogP contribution in [0.1, 0.15) is 60.2 Å². The number of fused-ring (bicyclic) bond motifs is 1. The van der Waals surface area contributed by atoms with E-state index < -0.39 is 0 Å². The zero-order chi connectivity index (χ0) is 20.1. The number of carbonyl (C=O) groups is 1. The van der Waals surface area contributed by atoms with Crippen molar-refractivity contribution in [1.82, 2.24) is 25.3 Å². The molecule has 4 rings (SSSR count). The Kier molecular flexibility index (Phi) is 4.28. The zero-order valence-corrected chi connectivity index (χ0v) is 16.8. The van der Waals surface area contributed by atoms with Gasteiger partial charge < -0.3 is 14.6 Å². The number of furan rings is 1. The van der Waals surface area contributed by atoms with Crippen molar-refractivity contribution in [3.63, 3.8) is 0 Å². The Morgan fingerprint density at radius 2 is 1.89 bits per heavy atom. The van der Waals surface area contributed by atoms with Gasteiger partial charge in [-0.25, -0.2) is 19.9 Å². The molecule has 1 aliphatic rings. The van der Waals surface area contributed by atoms with Gasteiger partial charge >= 0.3 is 0 Å². The van der Waals surface area contributed by atoms with Crippen LogP contribution in [0.2, 0.25) is 0 Å². The Morgan fingerprint density at radius 1 is 1.21 bits per heavy atom. The highest BCUT2D eigenvalue weighted by Gasteiger charge is 2.43. The third-order valence-electron chi connectivity index (χ3n) is 5.51. The molecule has 8 nitrogen and oxygen atoms in total. The van der Waals surface area contributed by atoms with E-state index in [0.717, 1.165) is 18.4 Å². The van der Waals surface area contributed by atoms with Gasteiger partial charge in [-0.2, -0.15) is 0 Å². The van der Waals surface area contributed by atoms with E-state index in [4.69, 9.17) is 4.42 Å². The minimum Gasteiger partial charge on any atom is -0.442 e. The van der Waals surface area contributed by atoms with Gasteiger partial charge in [-0.1, -0.05) is 0 Å². The van der Waals surface area contributed by atoms with Crippen molar-refractivity contribution < 1.29 is 9.21 Å². The Bertz CT molecular complexity index is 1040. The molecule has 1 saturated carbocycles. The second kappa shape index (κ2) is 6.54. The standard InChI is InChI=1S/C20H24N6O2/c1-11-8-21-16(22-9-11)12(2)25-18(27)14-13(3)28-19-15(14)17(23-10-24-19)26(5)20(4)6-7-20/h8-10,12H,6-7H2,1-5H3,(H,25,27). The quantitative estimate of drug-likeness (QED) is 0.726. The van der Waals surface area contributed by atoms with Crippen molar-refractivity contribution in [2.24, 2.45) is 0 Å². The minimum atomic E-state index is -0.343. The predicted octanol–water partition coefficient (Wildman–Crippen LogP) is 3.11. The SMILES string of the molecule is Cc1cnc(C(C)NC(=O)c2c(C)oc3ncnc(N(C)C4(C)CC4)c23)nc1. The monoisotopic (exact) mass is 380 g/mol. The number of amides is 1. The van der Waals surface area contributed by atoms with Crippen molar-refractivity contribution in [3.05, 3.63) is 41.4 Å².